The van der Waals surface area contributed by atoms with Crippen LogP contribution in [0.15, 0.2) is 34.7 Å². The number of carbonyl (C=O) groups excluding carboxylic acids is 1. The molecule has 2 heterocycles. The Morgan fingerprint density at radius 2 is 2.25 bits per heavy atom. The summed E-state index contributed by atoms with van der Waals surface area (Å²) < 4.78 is 11.2. The molecule has 0 radical (unpaired) electrons. The molecule has 20 heavy (non-hydrogen) atoms. The van der Waals surface area contributed by atoms with Gasteiger partial charge in [-0.3, -0.25) is 4.79 Å². The number of hydrogen-bond acceptors (Lipinski definition) is 3. The van der Waals surface area contributed by atoms with Crippen LogP contribution in [0.2, 0.25) is 0 Å². The predicted octanol–water partition coefficient (Wildman–Crippen LogP) is 2.66. The van der Waals surface area contributed by atoms with Gasteiger partial charge in [-0.15, -0.1) is 0 Å². The Balaban J connectivity index is 1.47. The molecule has 1 amide bonds. The van der Waals surface area contributed by atoms with Crippen molar-refractivity contribution in [2.75, 3.05) is 13.2 Å². The van der Waals surface area contributed by atoms with Gasteiger partial charge in [-0.25, -0.2) is 0 Å². The number of para-hydroxylation sites is 1. The molecule has 1 N–H and O–H groups in total. The van der Waals surface area contributed by atoms with Crippen molar-refractivity contribution in [3.63, 3.8) is 0 Å². The molecule has 1 saturated heterocycles. The van der Waals surface area contributed by atoms with Gasteiger partial charge in [-0.2, -0.15) is 0 Å². The highest BCUT2D eigenvalue weighted by Crippen LogP contribution is 2.19. The van der Waals surface area contributed by atoms with Crippen LogP contribution >= 0.6 is 0 Å². The van der Waals surface area contributed by atoms with Gasteiger partial charge in [0.1, 0.15) is 11.3 Å². The SMILES string of the molecule is O=C(CCc1cc2ccccc2o1)NC[C@@H]1CCCO1. The number of aryl methyl sites for hydroxylation is 1. The minimum absolute atomic E-state index is 0.0564. The van der Waals surface area contributed by atoms with E-state index in [0.717, 1.165) is 36.2 Å². The summed E-state index contributed by atoms with van der Waals surface area (Å²) in [6, 6.07) is 9.89. The quantitative estimate of drug-likeness (QED) is 0.911. The van der Waals surface area contributed by atoms with Gasteiger partial charge in [-0.05, 0) is 25.0 Å². The number of amides is 1. The molecule has 1 fully saturated rings. The van der Waals surface area contributed by atoms with Crippen LogP contribution in [0.5, 0.6) is 0 Å². The molecule has 106 valence electrons. The number of fused-ring (bicyclic) bond motifs is 1. The van der Waals surface area contributed by atoms with Crippen molar-refractivity contribution in [3.05, 3.63) is 36.1 Å². The number of ether oxygens (including phenoxy) is 1. The second kappa shape index (κ2) is 6.09. The monoisotopic (exact) mass is 273 g/mol. The first kappa shape index (κ1) is 13.2. The lowest BCUT2D eigenvalue weighted by atomic mass is 10.2. The van der Waals surface area contributed by atoms with Crippen LogP contribution in [0.25, 0.3) is 11.0 Å². The highest BCUT2D eigenvalue weighted by molar-refractivity contribution is 5.78. The van der Waals surface area contributed by atoms with Crippen LogP contribution < -0.4 is 5.32 Å². The average Bonchev–Trinajstić information content (AvgIpc) is 3.11. The van der Waals surface area contributed by atoms with E-state index in [2.05, 4.69) is 5.32 Å². The molecular formula is C16H19NO3. The Bertz CT molecular complexity index is 551. The molecule has 4 nitrogen and oxygen atoms in total. The smallest absolute Gasteiger partial charge is 0.220 e. The van der Waals surface area contributed by atoms with Crippen LogP contribution in [0.1, 0.15) is 25.0 Å². The third-order valence-corrected chi connectivity index (χ3v) is 3.63. The van der Waals surface area contributed by atoms with Gasteiger partial charge in [0.05, 0.1) is 6.10 Å². The van der Waals surface area contributed by atoms with E-state index >= 15 is 0 Å². The first-order valence-electron chi connectivity index (χ1n) is 7.17. The van der Waals surface area contributed by atoms with Crippen molar-refractivity contribution < 1.29 is 13.9 Å². The van der Waals surface area contributed by atoms with Crippen molar-refractivity contribution in [1.29, 1.82) is 0 Å². The third-order valence-electron chi connectivity index (χ3n) is 3.63. The van der Waals surface area contributed by atoms with Gasteiger partial charge in [-0.1, -0.05) is 18.2 Å². The van der Waals surface area contributed by atoms with E-state index in [-0.39, 0.29) is 12.0 Å². The fourth-order valence-corrected chi connectivity index (χ4v) is 2.52. The minimum Gasteiger partial charge on any atom is -0.461 e. The first-order valence-corrected chi connectivity index (χ1v) is 7.17. The number of hydrogen-bond donors (Lipinski definition) is 1. The fraction of sp³-hybridized carbons (Fsp3) is 0.438. The molecule has 1 aromatic heterocycles. The van der Waals surface area contributed by atoms with Crippen molar-refractivity contribution in [3.8, 4) is 0 Å². The number of furan rings is 1. The summed E-state index contributed by atoms with van der Waals surface area (Å²) in [4.78, 5) is 11.8. The van der Waals surface area contributed by atoms with E-state index in [4.69, 9.17) is 9.15 Å². The van der Waals surface area contributed by atoms with E-state index in [0.29, 0.717) is 19.4 Å². The molecule has 1 aromatic carbocycles. The van der Waals surface area contributed by atoms with Crippen LogP contribution in [0, 0.1) is 0 Å². The Hall–Kier alpha value is -1.81. The Morgan fingerprint density at radius 3 is 3.05 bits per heavy atom. The molecule has 0 aliphatic carbocycles. The van der Waals surface area contributed by atoms with Gasteiger partial charge < -0.3 is 14.5 Å². The normalized spacial score (nSPS) is 18.5. The van der Waals surface area contributed by atoms with Crippen LogP contribution in [-0.2, 0) is 16.0 Å². The topological polar surface area (TPSA) is 51.5 Å². The van der Waals surface area contributed by atoms with Crippen LogP contribution in [0.4, 0.5) is 0 Å². The number of nitrogens with one attached hydrogen (secondary N) is 1. The molecule has 3 rings (SSSR count). The Kier molecular flexibility index (Phi) is 4.02. The highest BCUT2D eigenvalue weighted by Gasteiger charge is 2.16. The average molecular weight is 273 g/mol. The molecule has 0 unspecified atom stereocenters. The van der Waals surface area contributed by atoms with Crippen molar-refractivity contribution in [2.24, 2.45) is 0 Å². The summed E-state index contributed by atoms with van der Waals surface area (Å²) in [5, 5.41) is 4.01. The third kappa shape index (κ3) is 3.20. The number of benzene rings is 1. The zero-order valence-electron chi connectivity index (χ0n) is 11.4. The van der Waals surface area contributed by atoms with Crippen molar-refractivity contribution >= 4 is 16.9 Å². The maximum Gasteiger partial charge on any atom is 0.220 e. The molecule has 1 aliphatic heterocycles. The van der Waals surface area contributed by atoms with Gasteiger partial charge in [0.15, 0.2) is 0 Å². The molecule has 0 bridgehead atoms. The Morgan fingerprint density at radius 1 is 1.35 bits per heavy atom. The molecule has 1 atom stereocenters. The summed E-state index contributed by atoms with van der Waals surface area (Å²) in [7, 11) is 0. The second-order valence-corrected chi connectivity index (χ2v) is 5.19. The second-order valence-electron chi connectivity index (χ2n) is 5.19. The maximum absolute atomic E-state index is 11.8. The zero-order valence-corrected chi connectivity index (χ0v) is 11.4. The maximum atomic E-state index is 11.8. The lowest BCUT2D eigenvalue weighted by Gasteiger charge is -2.10. The predicted molar refractivity (Wildman–Crippen MR) is 76.5 cm³/mol. The van der Waals surface area contributed by atoms with Crippen molar-refractivity contribution in [1.82, 2.24) is 5.32 Å². The lowest BCUT2D eigenvalue weighted by Crippen LogP contribution is -2.31. The standard InChI is InChI=1S/C16H19NO3/c18-16(17-11-14-5-3-9-19-14)8-7-13-10-12-4-1-2-6-15(12)20-13/h1-2,4,6,10,14H,3,5,7-9,11H2,(H,17,18)/t14-/m0/s1. The van der Waals surface area contributed by atoms with Crippen LogP contribution in [0.3, 0.4) is 0 Å². The van der Waals surface area contributed by atoms with Crippen LogP contribution in [-0.4, -0.2) is 25.2 Å². The summed E-state index contributed by atoms with van der Waals surface area (Å²) in [6.07, 6.45) is 3.42. The molecule has 1 aliphatic rings. The molecule has 2 aromatic rings. The lowest BCUT2D eigenvalue weighted by molar-refractivity contribution is -0.121. The van der Waals surface area contributed by atoms with E-state index in [1.807, 2.05) is 30.3 Å². The van der Waals surface area contributed by atoms with Crippen molar-refractivity contribution in [2.45, 2.75) is 31.8 Å². The first-order chi connectivity index (χ1) is 9.81. The largest absolute Gasteiger partial charge is 0.461 e. The number of carbonyl (C=O) groups is 1. The van der Waals surface area contributed by atoms with Gasteiger partial charge in [0.25, 0.3) is 0 Å². The fourth-order valence-electron chi connectivity index (χ4n) is 2.52. The summed E-state index contributed by atoms with van der Waals surface area (Å²) in [5.41, 5.74) is 0.877. The van der Waals surface area contributed by atoms with E-state index < -0.39 is 0 Å². The number of rotatable bonds is 5. The van der Waals surface area contributed by atoms with E-state index in [9.17, 15) is 4.79 Å². The highest BCUT2D eigenvalue weighted by atomic mass is 16.5. The molecular weight excluding hydrogens is 254 g/mol. The molecule has 4 heteroatoms. The zero-order chi connectivity index (χ0) is 13.8. The van der Waals surface area contributed by atoms with Gasteiger partial charge >= 0.3 is 0 Å². The minimum atomic E-state index is 0.0564. The molecule has 0 saturated carbocycles. The van der Waals surface area contributed by atoms with E-state index in [1.165, 1.54) is 0 Å². The Labute approximate surface area is 118 Å². The summed E-state index contributed by atoms with van der Waals surface area (Å²) >= 11 is 0. The van der Waals surface area contributed by atoms with E-state index in [1.54, 1.807) is 0 Å². The molecule has 0 spiro atoms. The summed E-state index contributed by atoms with van der Waals surface area (Å²) in [5.74, 6) is 0.916. The van der Waals surface area contributed by atoms with Gasteiger partial charge in [0.2, 0.25) is 5.91 Å². The van der Waals surface area contributed by atoms with Gasteiger partial charge in [0, 0.05) is 31.4 Å². The summed E-state index contributed by atoms with van der Waals surface area (Å²) in [6.45, 7) is 1.44.